The van der Waals surface area contributed by atoms with E-state index < -0.39 is 0 Å². The number of thiophene rings is 1. The summed E-state index contributed by atoms with van der Waals surface area (Å²) in [6, 6.07) is 7.84. The molecule has 5 rings (SSSR count). The summed E-state index contributed by atoms with van der Waals surface area (Å²) < 4.78 is 0.888. The molecule has 3 heterocycles. The van der Waals surface area contributed by atoms with Crippen LogP contribution in [0.5, 0.6) is 0 Å². The van der Waals surface area contributed by atoms with E-state index in [4.69, 9.17) is 5.26 Å². The van der Waals surface area contributed by atoms with Crippen LogP contribution >= 0.6 is 22.7 Å². The van der Waals surface area contributed by atoms with Crippen LogP contribution in [0, 0.1) is 17.2 Å². The van der Waals surface area contributed by atoms with E-state index in [1.807, 2.05) is 18.2 Å². The summed E-state index contributed by atoms with van der Waals surface area (Å²) in [7, 11) is 1.77. The third kappa shape index (κ3) is 3.74. The highest BCUT2D eigenvalue weighted by molar-refractivity contribution is 7.19. The van der Waals surface area contributed by atoms with Gasteiger partial charge in [-0.05, 0) is 43.0 Å². The molecule has 0 fully saturated rings. The summed E-state index contributed by atoms with van der Waals surface area (Å²) in [6.45, 7) is 0.463. The molecule has 1 amide bonds. The van der Waals surface area contributed by atoms with E-state index in [-0.39, 0.29) is 16.7 Å². The van der Waals surface area contributed by atoms with E-state index in [2.05, 4.69) is 26.3 Å². The zero-order chi connectivity index (χ0) is 22.2. The summed E-state index contributed by atoms with van der Waals surface area (Å²) in [6.07, 6.45) is 4.15. The van der Waals surface area contributed by atoms with Gasteiger partial charge in [0.15, 0.2) is 0 Å². The number of nitrogens with zero attached hydrogens (tertiary/aromatic N) is 4. The topological polar surface area (TPSA) is 115 Å². The predicted molar refractivity (Wildman–Crippen MR) is 127 cm³/mol. The van der Waals surface area contributed by atoms with Gasteiger partial charge in [-0.25, -0.2) is 9.97 Å². The summed E-state index contributed by atoms with van der Waals surface area (Å²) in [5.41, 5.74) is 2.89. The number of aryl methyl sites for hydroxylation is 1. The third-order valence-corrected chi connectivity index (χ3v) is 7.82. The summed E-state index contributed by atoms with van der Waals surface area (Å²) in [4.78, 5) is 39.9. The minimum absolute atomic E-state index is 0.0672. The molecule has 2 N–H and O–H groups in total. The minimum Gasteiger partial charge on any atom is -0.344 e. The number of aromatic nitrogens is 3. The van der Waals surface area contributed by atoms with Crippen LogP contribution in [0.3, 0.4) is 0 Å². The molecule has 32 heavy (non-hydrogen) atoms. The number of nitriles is 1. The number of hydrogen-bond acceptors (Lipinski definition) is 8. The smallest absolute Gasteiger partial charge is 0.305 e. The maximum absolute atomic E-state index is 12.8. The van der Waals surface area contributed by atoms with E-state index >= 15 is 0 Å². The lowest BCUT2D eigenvalue weighted by Crippen LogP contribution is -2.36. The quantitative estimate of drug-likeness (QED) is 0.464. The Hall–Kier alpha value is -3.29. The lowest BCUT2D eigenvalue weighted by molar-refractivity contribution is -0.134. The Morgan fingerprint density at radius 1 is 1.38 bits per heavy atom. The van der Waals surface area contributed by atoms with E-state index in [0.717, 1.165) is 44.8 Å². The number of aromatic amines is 1. The van der Waals surface area contributed by atoms with Gasteiger partial charge in [0.2, 0.25) is 5.91 Å². The molecular formula is C22H20N6O2S2. The van der Waals surface area contributed by atoms with Gasteiger partial charge in [0, 0.05) is 30.1 Å². The number of hydrogen-bond donors (Lipinski definition) is 2. The first-order chi connectivity index (χ1) is 15.5. The fourth-order valence-electron chi connectivity index (χ4n) is 4.22. The Morgan fingerprint density at radius 2 is 2.25 bits per heavy atom. The molecule has 0 saturated heterocycles. The fourth-order valence-corrected chi connectivity index (χ4v) is 6.26. The number of carbonyl (C=O) groups excluding carboxylic acids is 1. The second kappa shape index (κ2) is 8.33. The minimum atomic E-state index is -0.0733. The molecule has 1 aromatic carbocycles. The van der Waals surface area contributed by atoms with Gasteiger partial charge >= 0.3 is 4.87 Å². The predicted octanol–water partition coefficient (Wildman–Crippen LogP) is 3.81. The van der Waals surface area contributed by atoms with Crippen LogP contribution in [0.4, 0.5) is 11.5 Å². The second-order valence-electron chi connectivity index (χ2n) is 7.86. The van der Waals surface area contributed by atoms with Crippen molar-refractivity contribution in [2.45, 2.75) is 25.7 Å². The molecule has 1 aliphatic carbocycles. The van der Waals surface area contributed by atoms with E-state index in [1.165, 1.54) is 21.8 Å². The number of nitrogens with one attached hydrogen (secondary N) is 2. The number of amides is 1. The molecule has 0 radical (unpaired) electrons. The van der Waals surface area contributed by atoms with Crippen molar-refractivity contribution in [2.75, 3.05) is 18.9 Å². The fraction of sp³-hybridized carbons (Fsp3) is 0.318. The molecule has 1 aliphatic rings. The van der Waals surface area contributed by atoms with Crippen molar-refractivity contribution in [3.63, 3.8) is 0 Å². The van der Waals surface area contributed by atoms with Crippen LogP contribution < -0.4 is 10.2 Å². The van der Waals surface area contributed by atoms with Gasteiger partial charge in [0.05, 0.1) is 28.1 Å². The van der Waals surface area contributed by atoms with Crippen molar-refractivity contribution in [1.82, 2.24) is 19.9 Å². The molecule has 1 atom stereocenters. The van der Waals surface area contributed by atoms with Crippen LogP contribution in [-0.2, 0) is 17.6 Å². The van der Waals surface area contributed by atoms with Crippen molar-refractivity contribution in [2.24, 2.45) is 5.92 Å². The Kier molecular flexibility index (Phi) is 5.36. The van der Waals surface area contributed by atoms with Gasteiger partial charge in [-0.15, -0.1) is 11.3 Å². The number of benzene rings is 1. The Balaban J connectivity index is 1.43. The van der Waals surface area contributed by atoms with Crippen molar-refractivity contribution < 1.29 is 4.79 Å². The lowest BCUT2D eigenvalue weighted by atomic mass is 9.87. The molecule has 0 aliphatic heterocycles. The van der Waals surface area contributed by atoms with E-state index in [0.29, 0.717) is 19.4 Å². The highest BCUT2D eigenvalue weighted by Crippen LogP contribution is 2.40. The van der Waals surface area contributed by atoms with Gasteiger partial charge in [0.25, 0.3) is 0 Å². The first kappa shape index (κ1) is 20.6. The van der Waals surface area contributed by atoms with Crippen molar-refractivity contribution in [1.29, 1.82) is 5.26 Å². The maximum Gasteiger partial charge on any atom is 0.305 e. The number of H-pyrrole nitrogens is 1. The highest BCUT2D eigenvalue weighted by Gasteiger charge is 2.30. The Labute approximate surface area is 191 Å². The molecule has 1 unspecified atom stereocenters. The zero-order valence-corrected chi connectivity index (χ0v) is 19.0. The van der Waals surface area contributed by atoms with Crippen LogP contribution in [0.1, 0.15) is 23.3 Å². The Bertz CT molecular complexity index is 1430. The number of rotatable bonds is 5. The number of thiazole rings is 1. The zero-order valence-electron chi connectivity index (χ0n) is 17.3. The van der Waals surface area contributed by atoms with Crippen molar-refractivity contribution >= 4 is 60.5 Å². The third-order valence-electron chi connectivity index (χ3n) is 5.81. The van der Waals surface area contributed by atoms with Gasteiger partial charge in [-0.2, -0.15) is 5.26 Å². The van der Waals surface area contributed by atoms with Gasteiger partial charge < -0.3 is 15.2 Å². The van der Waals surface area contributed by atoms with E-state index in [1.54, 1.807) is 29.6 Å². The molecule has 4 aromatic rings. The molecule has 0 bridgehead atoms. The summed E-state index contributed by atoms with van der Waals surface area (Å²) in [5, 5.41) is 13.2. The molecular weight excluding hydrogens is 444 g/mol. The first-order valence-corrected chi connectivity index (χ1v) is 11.9. The average Bonchev–Trinajstić information content (AvgIpc) is 3.35. The first-order valence-electron chi connectivity index (χ1n) is 10.3. The van der Waals surface area contributed by atoms with Crippen LogP contribution in [-0.4, -0.2) is 39.4 Å². The Morgan fingerprint density at radius 3 is 3.09 bits per heavy atom. The van der Waals surface area contributed by atoms with Gasteiger partial charge in [-0.1, -0.05) is 11.3 Å². The van der Waals surface area contributed by atoms with Crippen molar-refractivity contribution in [3.05, 3.63) is 44.6 Å². The normalized spacial score (nSPS) is 15.4. The van der Waals surface area contributed by atoms with Crippen LogP contribution in [0.2, 0.25) is 0 Å². The summed E-state index contributed by atoms with van der Waals surface area (Å²) in [5.74, 6) is 0.777. The number of fused-ring (bicyclic) bond motifs is 4. The highest BCUT2D eigenvalue weighted by atomic mass is 32.1. The van der Waals surface area contributed by atoms with Gasteiger partial charge in [0.1, 0.15) is 17.0 Å². The largest absolute Gasteiger partial charge is 0.344 e. The molecule has 3 aromatic heterocycles. The van der Waals surface area contributed by atoms with E-state index in [9.17, 15) is 9.59 Å². The number of anilines is 2. The average molecular weight is 465 g/mol. The maximum atomic E-state index is 12.8. The standard InChI is InChI=1S/C22H20N6O2S2/c1-28(8-2-7-23)21(29)12-3-5-14-16(9-12)31-20-18(14)19(24-11-25-20)26-13-4-6-15-17(10-13)32-22(30)27-15/h4,6,10-12H,2-3,5,8-9H2,1H3,(H,27,30)(H,24,25,26). The molecule has 0 saturated carbocycles. The SMILES string of the molecule is CN(CCC#N)C(=O)C1CCc2c(sc3ncnc(Nc4ccc5[nH]c(=O)sc5c4)c23)C1. The molecule has 10 heteroatoms. The summed E-state index contributed by atoms with van der Waals surface area (Å²) >= 11 is 2.80. The second-order valence-corrected chi connectivity index (χ2v) is 9.96. The van der Waals surface area contributed by atoms with Crippen LogP contribution in [0.15, 0.2) is 29.3 Å². The lowest BCUT2D eigenvalue weighted by Gasteiger charge is -2.26. The van der Waals surface area contributed by atoms with Crippen molar-refractivity contribution in [3.8, 4) is 6.07 Å². The molecule has 8 nitrogen and oxygen atoms in total. The monoisotopic (exact) mass is 464 g/mol. The van der Waals surface area contributed by atoms with Gasteiger partial charge in [-0.3, -0.25) is 9.59 Å². The molecule has 0 spiro atoms. The van der Waals surface area contributed by atoms with Crippen LogP contribution in [0.25, 0.3) is 20.4 Å². The number of carbonyl (C=O) groups is 1. The molecule has 162 valence electrons.